The molecule has 1 heterocycles. The van der Waals surface area contributed by atoms with Crippen LogP contribution in [-0.2, 0) is 6.54 Å². The Bertz CT molecular complexity index is 596. The van der Waals surface area contributed by atoms with Crippen LogP contribution in [0, 0.1) is 10.1 Å². The zero-order chi connectivity index (χ0) is 13.8. The molecule has 8 nitrogen and oxygen atoms in total. The highest BCUT2D eigenvalue weighted by Crippen LogP contribution is 2.31. The summed E-state index contributed by atoms with van der Waals surface area (Å²) in [6.07, 6.45) is 0. The molecule has 0 aliphatic rings. The summed E-state index contributed by atoms with van der Waals surface area (Å²) >= 11 is 0. The molecule has 0 radical (unpaired) electrons. The van der Waals surface area contributed by atoms with Gasteiger partial charge in [0.15, 0.2) is 11.6 Å². The van der Waals surface area contributed by atoms with Crippen molar-refractivity contribution in [2.45, 2.75) is 6.54 Å². The molecule has 0 spiro atoms. The lowest BCUT2D eigenvalue weighted by Gasteiger charge is -2.01. The predicted octanol–water partition coefficient (Wildman–Crippen LogP) is 1.37. The van der Waals surface area contributed by atoms with Gasteiger partial charge in [-0.15, -0.1) is 0 Å². The second kappa shape index (κ2) is 5.44. The van der Waals surface area contributed by atoms with Crippen LogP contribution in [0.4, 0.5) is 5.69 Å². The Balaban J connectivity index is 2.39. The maximum Gasteiger partial charge on any atom is 0.311 e. The zero-order valence-corrected chi connectivity index (χ0v) is 10.4. The third kappa shape index (κ3) is 2.68. The maximum atomic E-state index is 10.9. The summed E-state index contributed by atoms with van der Waals surface area (Å²) in [7, 11) is 3.13. The minimum atomic E-state index is -0.521. The fraction of sp³-hybridized carbons (Fsp3) is 0.273. The van der Waals surface area contributed by atoms with Crippen LogP contribution >= 0.6 is 0 Å². The van der Waals surface area contributed by atoms with E-state index in [1.54, 1.807) is 13.1 Å². The van der Waals surface area contributed by atoms with Crippen LogP contribution in [0.15, 0.2) is 22.7 Å². The van der Waals surface area contributed by atoms with E-state index >= 15 is 0 Å². The second-order valence-electron chi connectivity index (χ2n) is 3.69. The van der Waals surface area contributed by atoms with E-state index in [0.29, 0.717) is 17.9 Å². The lowest BCUT2D eigenvalue weighted by molar-refractivity contribution is -0.385. The minimum Gasteiger partial charge on any atom is -0.490 e. The molecule has 0 amide bonds. The highest BCUT2D eigenvalue weighted by atomic mass is 16.6. The third-order valence-corrected chi connectivity index (χ3v) is 2.43. The number of nitro groups is 1. The number of nitro benzene ring substituents is 1. The molecule has 2 rings (SSSR count). The molecule has 0 aliphatic carbocycles. The van der Waals surface area contributed by atoms with E-state index in [-0.39, 0.29) is 17.3 Å². The normalized spacial score (nSPS) is 10.4. The molecule has 0 aliphatic heterocycles. The summed E-state index contributed by atoms with van der Waals surface area (Å²) in [5, 5.41) is 17.6. The number of hydrogen-bond acceptors (Lipinski definition) is 7. The lowest BCUT2D eigenvalue weighted by atomic mass is 10.2. The Morgan fingerprint density at radius 2 is 2.32 bits per heavy atom. The van der Waals surface area contributed by atoms with Crippen LogP contribution in [-0.4, -0.2) is 29.2 Å². The van der Waals surface area contributed by atoms with E-state index in [0.717, 1.165) is 0 Å². The van der Waals surface area contributed by atoms with Crippen LogP contribution in [0.2, 0.25) is 0 Å². The molecule has 0 saturated carbocycles. The van der Waals surface area contributed by atoms with Gasteiger partial charge < -0.3 is 14.6 Å². The van der Waals surface area contributed by atoms with Crippen molar-refractivity contribution in [3.8, 4) is 17.2 Å². The summed E-state index contributed by atoms with van der Waals surface area (Å²) in [4.78, 5) is 14.5. The molecule has 100 valence electrons. The van der Waals surface area contributed by atoms with Gasteiger partial charge in [0.2, 0.25) is 0 Å². The molecular formula is C11H12N4O4. The molecule has 1 aromatic heterocycles. The van der Waals surface area contributed by atoms with Gasteiger partial charge in [-0.05, 0) is 19.2 Å². The average Bonchev–Trinajstić information content (AvgIpc) is 2.87. The first-order valence-corrected chi connectivity index (χ1v) is 5.45. The Morgan fingerprint density at radius 3 is 2.95 bits per heavy atom. The molecule has 1 N–H and O–H groups in total. The van der Waals surface area contributed by atoms with Gasteiger partial charge in [0, 0.05) is 11.6 Å². The van der Waals surface area contributed by atoms with Gasteiger partial charge in [-0.25, -0.2) is 0 Å². The number of nitrogens with one attached hydrogen (secondary N) is 1. The third-order valence-electron chi connectivity index (χ3n) is 2.43. The van der Waals surface area contributed by atoms with E-state index in [1.807, 2.05) is 0 Å². The van der Waals surface area contributed by atoms with Gasteiger partial charge in [0.1, 0.15) is 0 Å². The number of methoxy groups -OCH3 is 1. The Kier molecular flexibility index (Phi) is 3.71. The van der Waals surface area contributed by atoms with E-state index in [2.05, 4.69) is 15.5 Å². The minimum absolute atomic E-state index is 0.145. The zero-order valence-electron chi connectivity index (χ0n) is 10.4. The number of hydrogen-bond donors (Lipinski definition) is 1. The molecule has 0 unspecified atom stereocenters. The first-order valence-electron chi connectivity index (χ1n) is 5.45. The molecule has 19 heavy (non-hydrogen) atoms. The van der Waals surface area contributed by atoms with E-state index < -0.39 is 4.92 Å². The first kappa shape index (κ1) is 13.0. The summed E-state index contributed by atoms with van der Waals surface area (Å²) in [5.74, 6) is 0.899. The van der Waals surface area contributed by atoms with Crippen molar-refractivity contribution in [1.29, 1.82) is 0 Å². The largest absolute Gasteiger partial charge is 0.490 e. The molecule has 0 saturated heterocycles. The number of rotatable bonds is 5. The highest BCUT2D eigenvalue weighted by molar-refractivity contribution is 5.62. The van der Waals surface area contributed by atoms with Crippen molar-refractivity contribution in [2.24, 2.45) is 0 Å². The predicted molar refractivity (Wildman–Crippen MR) is 65.7 cm³/mol. The Labute approximate surface area is 108 Å². The van der Waals surface area contributed by atoms with Crippen LogP contribution in [0.1, 0.15) is 5.82 Å². The monoisotopic (exact) mass is 264 g/mol. The van der Waals surface area contributed by atoms with Crippen molar-refractivity contribution in [3.63, 3.8) is 0 Å². The molecule has 1 aromatic carbocycles. The van der Waals surface area contributed by atoms with Crippen LogP contribution in [0.3, 0.4) is 0 Å². The van der Waals surface area contributed by atoms with Gasteiger partial charge >= 0.3 is 5.69 Å². The topological polar surface area (TPSA) is 103 Å². The fourth-order valence-electron chi connectivity index (χ4n) is 1.57. The number of ether oxygens (including phenoxy) is 1. The van der Waals surface area contributed by atoms with Gasteiger partial charge in [-0.3, -0.25) is 10.1 Å². The Morgan fingerprint density at radius 1 is 1.53 bits per heavy atom. The summed E-state index contributed by atoms with van der Waals surface area (Å²) < 4.78 is 9.97. The van der Waals surface area contributed by atoms with Crippen LogP contribution < -0.4 is 10.1 Å². The molecular weight excluding hydrogens is 252 g/mol. The standard InChI is InChI=1S/C11H12N4O4/c1-12-6-10-13-11(19-14-10)7-3-4-9(18-2)8(5-7)15(16)17/h3-5,12H,6H2,1-2H3. The molecule has 2 aromatic rings. The van der Waals surface area contributed by atoms with Crippen molar-refractivity contribution < 1.29 is 14.2 Å². The fourth-order valence-corrected chi connectivity index (χ4v) is 1.57. The SMILES string of the molecule is CNCc1noc(-c2ccc(OC)c([N+](=O)[O-])c2)n1. The van der Waals surface area contributed by atoms with Crippen molar-refractivity contribution in [3.05, 3.63) is 34.1 Å². The van der Waals surface area contributed by atoms with Gasteiger partial charge in [-0.1, -0.05) is 5.16 Å². The first-order chi connectivity index (χ1) is 9.15. The molecule has 0 atom stereocenters. The summed E-state index contributed by atoms with van der Waals surface area (Å²) in [5.41, 5.74) is 0.329. The molecule has 0 bridgehead atoms. The molecule has 0 fully saturated rings. The van der Waals surface area contributed by atoms with E-state index in [4.69, 9.17) is 9.26 Å². The van der Waals surface area contributed by atoms with E-state index in [9.17, 15) is 10.1 Å². The molecule has 8 heteroatoms. The second-order valence-corrected chi connectivity index (χ2v) is 3.69. The van der Waals surface area contributed by atoms with Gasteiger partial charge in [-0.2, -0.15) is 4.98 Å². The van der Waals surface area contributed by atoms with Crippen molar-refractivity contribution in [2.75, 3.05) is 14.2 Å². The number of nitrogens with zero attached hydrogens (tertiary/aromatic N) is 3. The summed E-state index contributed by atoms with van der Waals surface area (Å²) in [6, 6.07) is 4.47. The summed E-state index contributed by atoms with van der Waals surface area (Å²) in [6.45, 7) is 0.460. The van der Waals surface area contributed by atoms with Gasteiger partial charge in [0.25, 0.3) is 5.89 Å². The number of benzene rings is 1. The van der Waals surface area contributed by atoms with Crippen LogP contribution in [0.25, 0.3) is 11.5 Å². The van der Waals surface area contributed by atoms with Gasteiger partial charge in [0.05, 0.1) is 18.6 Å². The smallest absolute Gasteiger partial charge is 0.311 e. The van der Waals surface area contributed by atoms with Crippen LogP contribution in [0.5, 0.6) is 5.75 Å². The van der Waals surface area contributed by atoms with Crippen molar-refractivity contribution in [1.82, 2.24) is 15.5 Å². The average molecular weight is 264 g/mol. The van der Waals surface area contributed by atoms with Crippen molar-refractivity contribution >= 4 is 5.69 Å². The number of aromatic nitrogens is 2. The quantitative estimate of drug-likeness (QED) is 0.642. The Hall–Kier alpha value is -2.48. The highest BCUT2D eigenvalue weighted by Gasteiger charge is 2.18. The van der Waals surface area contributed by atoms with E-state index in [1.165, 1.54) is 19.2 Å². The maximum absolute atomic E-state index is 10.9. The lowest BCUT2D eigenvalue weighted by Crippen LogP contribution is -2.06.